The van der Waals surface area contributed by atoms with E-state index in [1.165, 1.54) is 0 Å². The van der Waals surface area contributed by atoms with Gasteiger partial charge in [-0.25, -0.2) is 0 Å². The van der Waals surface area contributed by atoms with Crippen LogP contribution in [0.4, 0.5) is 0 Å². The fraction of sp³-hybridized carbons (Fsp3) is 0. The van der Waals surface area contributed by atoms with Crippen LogP contribution in [0.2, 0.25) is 0 Å². The average molecular weight is 166 g/mol. The molecule has 0 aliphatic carbocycles. The van der Waals surface area contributed by atoms with E-state index >= 15 is 0 Å². The van der Waals surface area contributed by atoms with E-state index in [1.54, 1.807) is 0 Å². The molecule has 0 fully saturated rings. The van der Waals surface area contributed by atoms with E-state index < -0.39 is 10.4 Å². The maximum atomic E-state index is 4.94. The van der Waals surface area contributed by atoms with E-state index in [1.807, 2.05) is 0 Å². The van der Waals surface area contributed by atoms with Gasteiger partial charge in [-0.3, -0.25) is 0 Å². The first-order chi connectivity index (χ1) is 1.73. The molecule has 0 bridgehead atoms. The third-order valence-corrected chi connectivity index (χ3v) is 0. The van der Waals surface area contributed by atoms with E-state index in [2.05, 4.69) is 10.6 Å². The Morgan fingerprint density at radius 3 is 1.40 bits per heavy atom. The van der Waals surface area contributed by atoms with Crippen LogP contribution in [-0.4, -0.2) is 18.9 Å². The zero-order valence-corrected chi connectivity index (χ0v) is 5.95. The van der Waals surface area contributed by atoms with Crippen LogP contribution in [0.3, 0.4) is 0 Å². The van der Waals surface area contributed by atoms with Gasteiger partial charge in [-0.15, -0.1) is 0 Å². The quantitative estimate of drug-likeness (QED) is 0.492. The molecular weight excluding hydrogens is 166 g/mol. The molecule has 5 heteroatoms. The van der Waals surface area contributed by atoms with Crippen molar-refractivity contribution in [1.82, 2.24) is 0 Å². The third kappa shape index (κ3) is 24.7. The number of hydrogen-bond donors (Lipinski definition) is 0. The summed E-state index contributed by atoms with van der Waals surface area (Å²) in [4.78, 5) is 0. The van der Waals surface area contributed by atoms with Gasteiger partial charge in [0, 0.05) is 18.9 Å². The molecule has 0 spiro atoms. The SMILES string of the molecule is [Li].[S]=[Fe]([Cl])[Cl]. The molecule has 0 atom stereocenters. The second kappa shape index (κ2) is 5.92. The molecule has 29 valence electrons. The van der Waals surface area contributed by atoms with Crippen molar-refractivity contribution in [2.45, 2.75) is 0 Å². The Bertz CT molecular complexity index is 32.6. The molecule has 0 saturated heterocycles. The van der Waals surface area contributed by atoms with E-state index in [9.17, 15) is 0 Å². The molecule has 0 amide bonds. The van der Waals surface area contributed by atoms with Gasteiger partial charge in [0.1, 0.15) is 0 Å². The monoisotopic (exact) mass is 165 g/mol. The average Bonchev–Trinajstić information content (AvgIpc) is 0.811. The Morgan fingerprint density at radius 2 is 1.40 bits per heavy atom. The van der Waals surface area contributed by atoms with Crippen molar-refractivity contribution in [2.24, 2.45) is 0 Å². The summed E-state index contributed by atoms with van der Waals surface area (Å²) in [6.07, 6.45) is 0. The van der Waals surface area contributed by atoms with E-state index in [4.69, 9.17) is 20.2 Å². The molecule has 0 unspecified atom stereocenters. The van der Waals surface area contributed by atoms with E-state index in [0.717, 1.165) is 0 Å². The van der Waals surface area contributed by atoms with Crippen LogP contribution < -0.4 is 0 Å². The van der Waals surface area contributed by atoms with Crippen LogP contribution in [0.5, 0.6) is 0 Å². The molecule has 0 aromatic rings. The number of rotatable bonds is 0. The minimum absolute atomic E-state index is 0. The number of halogens is 2. The molecule has 0 nitrogen and oxygen atoms in total. The van der Waals surface area contributed by atoms with Gasteiger partial charge in [0.25, 0.3) is 0 Å². The Balaban J connectivity index is 0. The van der Waals surface area contributed by atoms with Crippen LogP contribution in [0.25, 0.3) is 0 Å². The summed E-state index contributed by atoms with van der Waals surface area (Å²) in [6.45, 7) is 0. The summed E-state index contributed by atoms with van der Waals surface area (Å²) in [5.74, 6) is 0. The van der Waals surface area contributed by atoms with Crippen molar-refractivity contribution < 1.29 is 10.4 Å². The molecule has 0 aromatic heterocycles. The standard InChI is InChI=1S/2ClH.Fe.Li.S/h2*1H;;;/q;;+2;;/p-2. The fourth-order valence-electron chi connectivity index (χ4n) is 0. The van der Waals surface area contributed by atoms with Gasteiger partial charge in [-0.05, 0) is 0 Å². The summed E-state index contributed by atoms with van der Waals surface area (Å²) in [5, 5.41) is 0. The second-order valence-corrected chi connectivity index (χ2v) is 5.92. The van der Waals surface area contributed by atoms with Crippen molar-refractivity contribution >= 4 is 49.6 Å². The van der Waals surface area contributed by atoms with Crippen LogP contribution in [0.15, 0.2) is 0 Å². The fourth-order valence-corrected chi connectivity index (χ4v) is 0. The van der Waals surface area contributed by atoms with Gasteiger partial charge in [0.2, 0.25) is 0 Å². The predicted molar refractivity (Wildman–Crippen MR) is 25.1 cm³/mol. The summed E-state index contributed by atoms with van der Waals surface area (Å²) < 4.78 is 0. The van der Waals surface area contributed by atoms with Crippen LogP contribution >= 0.6 is 30.7 Å². The normalized spacial score (nSPS) is 8.80. The van der Waals surface area contributed by atoms with Gasteiger partial charge in [0.15, 0.2) is 0 Å². The molecule has 0 saturated carbocycles. The number of hydrogen-bond acceptors (Lipinski definition) is 1. The van der Waals surface area contributed by atoms with Gasteiger partial charge in [0.05, 0.1) is 0 Å². The molecule has 5 heavy (non-hydrogen) atoms. The van der Waals surface area contributed by atoms with E-state index in [-0.39, 0.29) is 18.9 Å². The van der Waals surface area contributed by atoms with Crippen molar-refractivity contribution in [3.05, 3.63) is 0 Å². The third-order valence-electron chi connectivity index (χ3n) is 0. The molecule has 0 aliphatic rings. The summed E-state index contributed by atoms with van der Waals surface area (Å²) in [6, 6.07) is 0. The van der Waals surface area contributed by atoms with Crippen LogP contribution in [0.1, 0.15) is 0 Å². The zero-order valence-electron chi connectivity index (χ0n) is 2.52. The van der Waals surface area contributed by atoms with Gasteiger partial charge < -0.3 is 0 Å². The Labute approximate surface area is 59.6 Å². The Hall–Kier alpha value is 1.92. The Morgan fingerprint density at radius 1 is 1.40 bits per heavy atom. The molecule has 1 radical (unpaired) electrons. The van der Waals surface area contributed by atoms with E-state index in [0.29, 0.717) is 0 Å². The van der Waals surface area contributed by atoms with Crippen molar-refractivity contribution in [2.75, 3.05) is 0 Å². The molecule has 0 aliphatic heterocycles. The predicted octanol–water partition coefficient (Wildman–Crippen LogP) is 1.64. The summed E-state index contributed by atoms with van der Waals surface area (Å²) in [7, 11) is 12.9. The molecule has 0 rings (SSSR count). The maximum absolute atomic E-state index is 4.94. The first-order valence-corrected chi connectivity index (χ1v) is 5.09. The van der Waals surface area contributed by atoms with Gasteiger partial charge in [-0.2, -0.15) is 0 Å². The first kappa shape index (κ1) is 10.0. The zero-order chi connectivity index (χ0) is 3.58. The topological polar surface area (TPSA) is 0 Å². The minimum atomic E-state index is -1.22. The molecule has 0 heterocycles. The molecule has 0 aromatic carbocycles. The van der Waals surface area contributed by atoms with Gasteiger partial charge in [-0.1, -0.05) is 0 Å². The van der Waals surface area contributed by atoms with Gasteiger partial charge >= 0.3 is 41.2 Å². The first-order valence-electron chi connectivity index (χ1n) is 0.412. The molecule has 0 N–H and O–H groups in total. The summed E-state index contributed by atoms with van der Waals surface area (Å²) >= 11 is 0. The van der Waals surface area contributed by atoms with Crippen LogP contribution in [-0.2, 0) is 10.4 Å². The van der Waals surface area contributed by atoms with Crippen LogP contribution in [0, 0.1) is 0 Å². The summed E-state index contributed by atoms with van der Waals surface area (Å²) in [5.41, 5.74) is 0. The van der Waals surface area contributed by atoms with Crippen molar-refractivity contribution in [3.63, 3.8) is 0 Å². The molecular formula is Cl2FeLiS. The second-order valence-electron chi connectivity index (χ2n) is 0.160. The Kier molecular flexibility index (Phi) is 11.9. The van der Waals surface area contributed by atoms with Crippen molar-refractivity contribution in [3.8, 4) is 0 Å². The van der Waals surface area contributed by atoms with Crippen molar-refractivity contribution in [1.29, 1.82) is 0 Å².